The molecule has 0 unspecified atom stereocenters. The number of carbonyl (C=O) groups is 2. The third-order valence-electron chi connectivity index (χ3n) is 5.66. The van der Waals surface area contributed by atoms with Crippen LogP contribution >= 0.6 is 23.4 Å². The molecule has 3 aromatic rings. The predicted octanol–water partition coefficient (Wildman–Crippen LogP) is 6.49. The molecule has 0 bridgehead atoms. The van der Waals surface area contributed by atoms with E-state index in [9.17, 15) is 9.59 Å². The number of imide groups is 1. The van der Waals surface area contributed by atoms with E-state index in [1.165, 1.54) is 4.90 Å². The van der Waals surface area contributed by atoms with Gasteiger partial charge in [-0.1, -0.05) is 48.9 Å². The minimum Gasteiger partial charge on any atom is -0.340 e. The fraction of sp³-hybridized carbons (Fsp3) is 0.250. The van der Waals surface area contributed by atoms with Crippen LogP contribution in [0, 0.1) is 6.92 Å². The Morgan fingerprint density at radius 1 is 1.10 bits per heavy atom. The molecule has 1 aliphatic rings. The molecule has 1 atom stereocenters. The lowest BCUT2D eigenvalue weighted by Gasteiger charge is -2.19. The molecule has 0 N–H and O–H groups in total. The van der Waals surface area contributed by atoms with Crippen molar-refractivity contribution in [1.82, 2.24) is 9.47 Å². The lowest BCUT2D eigenvalue weighted by Crippen LogP contribution is -2.36. The van der Waals surface area contributed by atoms with Crippen LogP contribution in [0.4, 0.5) is 4.79 Å². The van der Waals surface area contributed by atoms with Gasteiger partial charge < -0.3 is 4.57 Å². The molecule has 2 heterocycles. The zero-order valence-electron chi connectivity index (χ0n) is 17.2. The number of fused-ring (bicyclic) bond motifs is 1. The van der Waals surface area contributed by atoms with Gasteiger partial charge in [0, 0.05) is 39.8 Å². The van der Waals surface area contributed by atoms with Gasteiger partial charge in [0.2, 0.25) is 0 Å². The number of hydrogen-bond acceptors (Lipinski definition) is 3. The van der Waals surface area contributed by atoms with Gasteiger partial charge in [-0.3, -0.25) is 14.5 Å². The fourth-order valence-electron chi connectivity index (χ4n) is 3.79. The summed E-state index contributed by atoms with van der Waals surface area (Å²) in [6.07, 6.45) is 2.62. The zero-order chi connectivity index (χ0) is 21.4. The molecule has 0 saturated carbocycles. The summed E-state index contributed by atoms with van der Waals surface area (Å²) in [7, 11) is 0. The highest BCUT2D eigenvalue weighted by molar-refractivity contribution is 8.18. The van der Waals surface area contributed by atoms with Gasteiger partial charge in [0.15, 0.2) is 0 Å². The average Bonchev–Trinajstić information content (AvgIpc) is 3.17. The molecule has 1 aliphatic heterocycles. The van der Waals surface area contributed by atoms with Gasteiger partial charge in [0.05, 0.1) is 4.91 Å². The normalized spacial score (nSPS) is 16.8. The zero-order valence-corrected chi connectivity index (χ0v) is 18.8. The molecule has 4 rings (SSSR count). The summed E-state index contributed by atoms with van der Waals surface area (Å²) >= 11 is 7.06. The molecule has 154 valence electrons. The first-order valence-electron chi connectivity index (χ1n) is 10.00. The van der Waals surface area contributed by atoms with E-state index >= 15 is 0 Å². The number of benzene rings is 2. The first-order chi connectivity index (χ1) is 14.4. The van der Waals surface area contributed by atoms with E-state index in [0.717, 1.165) is 45.9 Å². The van der Waals surface area contributed by atoms with Crippen LogP contribution in [0.25, 0.3) is 17.0 Å². The summed E-state index contributed by atoms with van der Waals surface area (Å²) in [4.78, 5) is 27.2. The number of thioether (sulfide) groups is 1. The van der Waals surface area contributed by atoms with Gasteiger partial charge in [-0.05, 0) is 61.9 Å². The van der Waals surface area contributed by atoms with E-state index in [1.807, 2.05) is 56.3 Å². The number of halogens is 1. The molecule has 2 aromatic carbocycles. The molecule has 30 heavy (non-hydrogen) atoms. The first-order valence-corrected chi connectivity index (χ1v) is 11.2. The highest BCUT2D eigenvalue weighted by Gasteiger charge is 2.37. The number of para-hydroxylation sites is 1. The van der Waals surface area contributed by atoms with Crippen LogP contribution in [-0.4, -0.2) is 26.7 Å². The summed E-state index contributed by atoms with van der Waals surface area (Å²) in [5.41, 5.74) is 4.28. The summed E-state index contributed by atoms with van der Waals surface area (Å²) in [6, 6.07) is 15.9. The van der Waals surface area contributed by atoms with Crippen LogP contribution < -0.4 is 0 Å². The lowest BCUT2D eigenvalue weighted by atomic mass is 10.1. The number of hydrogen-bond donors (Lipinski definition) is 0. The second kappa shape index (κ2) is 8.32. The maximum absolute atomic E-state index is 12.9. The van der Waals surface area contributed by atoms with Crippen LogP contribution in [0.2, 0.25) is 5.02 Å². The van der Waals surface area contributed by atoms with Crippen molar-refractivity contribution in [2.45, 2.75) is 39.8 Å². The average molecular weight is 439 g/mol. The Morgan fingerprint density at radius 2 is 1.80 bits per heavy atom. The minimum atomic E-state index is -0.201. The van der Waals surface area contributed by atoms with E-state index in [1.54, 1.807) is 0 Å². The fourth-order valence-corrected chi connectivity index (χ4v) is 4.83. The Bertz CT molecular complexity index is 1160. The number of nitrogens with zero attached hydrogens (tertiary/aromatic N) is 2. The Kier molecular flexibility index (Phi) is 5.76. The Labute approximate surface area is 185 Å². The van der Waals surface area contributed by atoms with Gasteiger partial charge in [-0.2, -0.15) is 0 Å². The summed E-state index contributed by atoms with van der Waals surface area (Å²) in [5, 5.41) is 1.59. The van der Waals surface area contributed by atoms with Crippen molar-refractivity contribution in [3.05, 3.63) is 75.3 Å². The van der Waals surface area contributed by atoms with Crippen molar-refractivity contribution in [3.63, 3.8) is 0 Å². The summed E-state index contributed by atoms with van der Waals surface area (Å²) in [6.45, 7) is 6.64. The third kappa shape index (κ3) is 3.68. The second-order valence-electron chi connectivity index (χ2n) is 7.54. The van der Waals surface area contributed by atoms with Crippen molar-refractivity contribution >= 4 is 51.5 Å². The number of amides is 2. The maximum Gasteiger partial charge on any atom is 0.293 e. The highest BCUT2D eigenvalue weighted by atomic mass is 35.5. The van der Waals surface area contributed by atoms with Crippen molar-refractivity contribution in [3.8, 4) is 0 Å². The van der Waals surface area contributed by atoms with Gasteiger partial charge in [-0.15, -0.1) is 0 Å². The molecule has 1 saturated heterocycles. The van der Waals surface area contributed by atoms with Crippen molar-refractivity contribution in [2.75, 3.05) is 0 Å². The molecular formula is C24H23ClN2O2S. The monoisotopic (exact) mass is 438 g/mol. The van der Waals surface area contributed by atoms with Crippen LogP contribution in [0.3, 0.4) is 0 Å². The molecule has 6 heteroatoms. The van der Waals surface area contributed by atoms with Gasteiger partial charge in [-0.25, -0.2) is 0 Å². The van der Waals surface area contributed by atoms with Crippen molar-refractivity contribution in [1.29, 1.82) is 0 Å². The number of rotatable bonds is 5. The summed E-state index contributed by atoms with van der Waals surface area (Å²) < 4.78 is 2.24. The Balaban J connectivity index is 1.78. The molecular weight excluding hydrogens is 416 g/mol. The molecule has 1 aromatic heterocycles. The van der Waals surface area contributed by atoms with E-state index in [0.29, 0.717) is 16.5 Å². The standard InChI is InChI=1S/C24H23ClN2O2S/c1-4-15(2)27-23(28)22(30-24(27)29)13-20-16(3)26(21-8-6-5-7-19(20)21)14-17-9-11-18(25)12-10-17/h5-13,15H,4,14H2,1-3H3/b22-13+/t15-/m1/s1. The van der Waals surface area contributed by atoms with E-state index in [4.69, 9.17) is 11.6 Å². The first kappa shape index (κ1) is 20.8. The van der Waals surface area contributed by atoms with Gasteiger partial charge >= 0.3 is 0 Å². The Morgan fingerprint density at radius 3 is 2.50 bits per heavy atom. The van der Waals surface area contributed by atoms with Crippen LogP contribution in [0.1, 0.15) is 37.1 Å². The second-order valence-corrected chi connectivity index (χ2v) is 8.97. The quantitative estimate of drug-likeness (QED) is 0.428. The van der Waals surface area contributed by atoms with Crippen LogP contribution in [0.15, 0.2) is 53.4 Å². The Hall–Kier alpha value is -2.50. The van der Waals surface area contributed by atoms with Crippen LogP contribution in [0.5, 0.6) is 0 Å². The van der Waals surface area contributed by atoms with Crippen molar-refractivity contribution < 1.29 is 9.59 Å². The predicted molar refractivity (Wildman–Crippen MR) is 125 cm³/mol. The molecule has 0 spiro atoms. The highest BCUT2D eigenvalue weighted by Crippen LogP contribution is 2.37. The minimum absolute atomic E-state index is 0.101. The number of aromatic nitrogens is 1. The molecule has 4 nitrogen and oxygen atoms in total. The van der Waals surface area contributed by atoms with E-state index in [2.05, 4.69) is 23.6 Å². The largest absolute Gasteiger partial charge is 0.340 e. The topological polar surface area (TPSA) is 42.3 Å². The SMILES string of the molecule is CC[C@@H](C)N1C(=O)S/C(=C/c2c(C)n(Cc3ccc(Cl)cc3)c3ccccc23)C1=O. The smallest absolute Gasteiger partial charge is 0.293 e. The van der Waals surface area contributed by atoms with E-state index < -0.39 is 0 Å². The molecule has 0 radical (unpaired) electrons. The summed E-state index contributed by atoms with van der Waals surface area (Å²) in [5.74, 6) is -0.201. The van der Waals surface area contributed by atoms with Crippen molar-refractivity contribution in [2.24, 2.45) is 0 Å². The van der Waals surface area contributed by atoms with Crippen LogP contribution in [-0.2, 0) is 11.3 Å². The van der Waals surface area contributed by atoms with Gasteiger partial charge in [0.25, 0.3) is 11.1 Å². The third-order valence-corrected chi connectivity index (χ3v) is 6.80. The number of carbonyl (C=O) groups excluding carboxylic acids is 2. The van der Waals surface area contributed by atoms with Gasteiger partial charge in [0.1, 0.15) is 0 Å². The maximum atomic E-state index is 12.9. The van der Waals surface area contributed by atoms with E-state index in [-0.39, 0.29) is 17.2 Å². The molecule has 2 amide bonds. The molecule has 0 aliphatic carbocycles. The molecule has 1 fully saturated rings. The lowest BCUT2D eigenvalue weighted by molar-refractivity contribution is -0.124.